The summed E-state index contributed by atoms with van der Waals surface area (Å²) >= 11 is 0. The van der Waals surface area contributed by atoms with Gasteiger partial charge in [-0.2, -0.15) is 0 Å². The van der Waals surface area contributed by atoms with Gasteiger partial charge in [0, 0.05) is 24.4 Å². The number of ether oxygens (including phenoxy) is 1. The lowest BCUT2D eigenvalue weighted by Crippen LogP contribution is -2.27. The Labute approximate surface area is 118 Å². The first-order valence-corrected chi connectivity index (χ1v) is 6.58. The van der Waals surface area contributed by atoms with Crippen molar-refractivity contribution in [3.05, 3.63) is 29.6 Å². The van der Waals surface area contributed by atoms with Gasteiger partial charge in [-0.15, -0.1) is 0 Å². The first-order valence-electron chi connectivity index (χ1n) is 6.58. The molecule has 0 saturated heterocycles. The predicted molar refractivity (Wildman–Crippen MR) is 73.3 cm³/mol. The molecule has 1 aromatic heterocycles. The predicted octanol–water partition coefficient (Wildman–Crippen LogP) is 2.12. The highest BCUT2D eigenvalue weighted by Crippen LogP contribution is 2.18. The molecule has 0 amide bonds. The molecule has 0 saturated carbocycles. The van der Waals surface area contributed by atoms with Crippen LogP contribution < -0.4 is 0 Å². The minimum atomic E-state index is -0.931. The van der Waals surface area contributed by atoms with Gasteiger partial charge >= 0.3 is 5.97 Å². The van der Waals surface area contributed by atoms with Crippen LogP contribution in [0.5, 0.6) is 0 Å². The van der Waals surface area contributed by atoms with E-state index < -0.39 is 11.9 Å². The Bertz CT molecular complexity index is 510. The van der Waals surface area contributed by atoms with Crippen LogP contribution in [0.1, 0.15) is 42.6 Å². The minimum absolute atomic E-state index is 0.0569. The molecule has 0 aliphatic heterocycles. The molecule has 108 valence electrons. The number of Topliss-reactive ketones (excluding diaryl/α,β-unsaturated/α-hetero) is 2. The maximum absolute atomic E-state index is 12.5. The Hall–Kier alpha value is -2.04. The molecule has 0 radical (unpaired) electrons. The number of esters is 1. The molecule has 1 rings (SSSR count). The Morgan fingerprint density at radius 1 is 1.35 bits per heavy atom. The van der Waals surface area contributed by atoms with Crippen LogP contribution in [0.2, 0.25) is 0 Å². The highest BCUT2D eigenvalue weighted by atomic mass is 16.5. The first-order chi connectivity index (χ1) is 9.47. The normalized spacial score (nSPS) is 11.8. The third-order valence-electron chi connectivity index (χ3n) is 2.96. The van der Waals surface area contributed by atoms with Gasteiger partial charge in [0.15, 0.2) is 5.78 Å². The molecule has 20 heavy (non-hydrogen) atoms. The van der Waals surface area contributed by atoms with Gasteiger partial charge in [-0.1, -0.05) is 0 Å². The van der Waals surface area contributed by atoms with E-state index in [1.807, 2.05) is 0 Å². The molecule has 0 bridgehead atoms. The molecule has 5 heteroatoms. The molecule has 1 aromatic rings. The average Bonchev–Trinajstić information content (AvgIpc) is 2.39. The summed E-state index contributed by atoms with van der Waals surface area (Å²) in [6.45, 7) is 5.08. The SMILES string of the molecule is CCOC(=O)C(CCC(C)=O)C(=O)c1ccncc1C. The van der Waals surface area contributed by atoms with Crippen LogP contribution in [-0.2, 0) is 14.3 Å². The number of pyridine rings is 1. The lowest BCUT2D eigenvalue weighted by Gasteiger charge is -2.15. The third kappa shape index (κ3) is 4.26. The van der Waals surface area contributed by atoms with E-state index in [-0.39, 0.29) is 31.0 Å². The molecule has 0 aliphatic carbocycles. The number of aryl methyl sites for hydroxylation is 1. The van der Waals surface area contributed by atoms with Gasteiger partial charge in [-0.3, -0.25) is 14.6 Å². The fourth-order valence-electron chi connectivity index (χ4n) is 1.88. The molecule has 0 spiro atoms. The molecule has 5 nitrogen and oxygen atoms in total. The fourth-order valence-corrected chi connectivity index (χ4v) is 1.88. The van der Waals surface area contributed by atoms with Gasteiger partial charge in [0.05, 0.1) is 6.61 Å². The van der Waals surface area contributed by atoms with Crippen molar-refractivity contribution >= 4 is 17.5 Å². The summed E-state index contributed by atoms with van der Waals surface area (Å²) in [5.41, 5.74) is 1.15. The molecular weight excluding hydrogens is 258 g/mol. The average molecular weight is 277 g/mol. The van der Waals surface area contributed by atoms with Crippen molar-refractivity contribution in [1.29, 1.82) is 0 Å². The molecule has 1 atom stereocenters. The van der Waals surface area contributed by atoms with E-state index in [1.165, 1.54) is 13.1 Å². The van der Waals surface area contributed by atoms with Crippen molar-refractivity contribution < 1.29 is 19.1 Å². The number of aromatic nitrogens is 1. The Morgan fingerprint density at radius 3 is 2.60 bits per heavy atom. The van der Waals surface area contributed by atoms with Gasteiger partial charge in [0.1, 0.15) is 11.7 Å². The number of hydrogen-bond acceptors (Lipinski definition) is 5. The Balaban J connectivity index is 2.97. The molecular formula is C15H19NO4. The zero-order chi connectivity index (χ0) is 15.1. The number of nitrogens with zero attached hydrogens (tertiary/aromatic N) is 1. The zero-order valence-corrected chi connectivity index (χ0v) is 12.0. The van der Waals surface area contributed by atoms with Crippen molar-refractivity contribution in [3.8, 4) is 0 Å². The van der Waals surface area contributed by atoms with Crippen molar-refractivity contribution in [1.82, 2.24) is 4.98 Å². The third-order valence-corrected chi connectivity index (χ3v) is 2.96. The largest absolute Gasteiger partial charge is 0.465 e. The highest BCUT2D eigenvalue weighted by molar-refractivity contribution is 6.09. The number of hydrogen-bond donors (Lipinski definition) is 0. The number of rotatable bonds is 7. The van der Waals surface area contributed by atoms with Crippen LogP contribution in [0, 0.1) is 12.8 Å². The lowest BCUT2D eigenvalue weighted by molar-refractivity contribution is -0.146. The van der Waals surface area contributed by atoms with Crippen LogP contribution in [0.3, 0.4) is 0 Å². The number of carbonyl (C=O) groups excluding carboxylic acids is 3. The van der Waals surface area contributed by atoms with E-state index in [0.29, 0.717) is 11.1 Å². The monoisotopic (exact) mass is 277 g/mol. The summed E-state index contributed by atoms with van der Waals surface area (Å²) in [5, 5.41) is 0. The fraction of sp³-hybridized carbons (Fsp3) is 0.467. The van der Waals surface area contributed by atoms with Crippen molar-refractivity contribution in [2.45, 2.75) is 33.6 Å². The van der Waals surface area contributed by atoms with Gasteiger partial charge in [-0.25, -0.2) is 0 Å². The number of carbonyl (C=O) groups is 3. The maximum atomic E-state index is 12.5. The molecule has 0 aromatic carbocycles. The molecule has 0 N–H and O–H groups in total. The van der Waals surface area contributed by atoms with Crippen LogP contribution in [0.15, 0.2) is 18.5 Å². The van der Waals surface area contributed by atoms with Crippen LogP contribution >= 0.6 is 0 Å². The smallest absolute Gasteiger partial charge is 0.316 e. The van der Waals surface area contributed by atoms with Crippen molar-refractivity contribution in [2.75, 3.05) is 6.61 Å². The highest BCUT2D eigenvalue weighted by Gasteiger charge is 2.29. The van der Waals surface area contributed by atoms with Crippen LogP contribution in [0.4, 0.5) is 0 Å². The van der Waals surface area contributed by atoms with Gasteiger partial charge in [0.25, 0.3) is 0 Å². The quantitative estimate of drug-likeness (QED) is 0.433. The molecule has 1 heterocycles. The lowest BCUT2D eigenvalue weighted by atomic mass is 9.91. The van der Waals surface area contributed by atoms with E-state index in [9.17, 15) is 14.4 Å². The van der Waals surface area contributed by atoms with Gasteiger partial charge in [0.2, 0.25) is 0 Å². The second kappa shape index (κ2) is 7.53. The first kappa shape index (κ1) is 16.0. The van der Waals surface area contributed by atoms with Crippen LogP contribution in [0.25, 0.3) is 0 Å². The van der Waals surface area contributed by atoms with Crippen LogP contribution in [-0.4, -0.2) is 29.1 Å². The second-order valence-electron chi connectivity index (χ2n) is 4.60. The van der Waals surface area contributed by atoms with E-state index in [2.05, 4.69) is 4.98 Å². The molecule has 1 unspecified atom stereocenters. The summed E-state index contributed by atoms with van der Waals surface area (Å²) in [5.74, 6) is -1.88. The number of ketones is 2. The molecule has 0 fully saturated rings. The molecule has 0 aliphatic rings. The van der Waals surface area contributed by atoms with Crippen molar-refractivity contribution in [2.24, 2.45) is 5.92 Å². The van der Waals surface area contributed by atoms with Crippen molar-refractivity contribution in [3.63, 3.8) is 0 Å². The summed E-state index contributed by atoms with van der Waals surface area (Å²) in [4.78, 5) is 39.4. The summed E-state index contributed by atoms with van der Waals surface area (Å²) in [6, 6.07) is 1.58. The van der Waals surface area contributed by atoms with E-state index >= 15 is 0 Å². The summed E-state index contributed by atoms with van der Waals surface area (Å²) < 4.78 is 4.93. The summed E-state index contributed by atoms with van der Waals surface area (Å²) in [7, 11) is 0. The van der Waals surface area contributed by atoms with E-state index in [0.717, 1.165) is 0 Å². The topological polar surface area (TPSA) is 73.3 Å². The summed E-state index contributed by atoms with van der Waals surface area (Å²) in [6.07, 6.45) is 3.43. The zero-order valence-electron chi connectivity index (χ0n) is 12.0. The van der Waals surface area contributed by atoms with E-state index in [4.69, 9.17) is 4.74 Å². The Morgan fingerprint density at radius 2 is 2.05 bits per heavy atom. The maximum Gasteiger partial charge on any atom is 0.316 e. The standard InChI is InChI=1S/C15H19NO4/c1-4-20-15(19)13(6-5-11(3)17)14(18)12-7-8-16-9-10(12)2/h7-9,13H,4-6H2,1-3H3. The second-order valence-corrected chi connectivity index (χ2v) is 4.60. The Kier molecular flexibility index (Phi) is 6.03. The van der Waals surface area contributed by atoms with Gasteiger partial charge < -0.3 is 9.53 Å². The van der Waals surface area contributed by atoms with Gasteiger partial charge in [-0.05, 0) is 38.8 Å². The minimum Gasteiger partial charge on any atom is -0.465 e. The van der Waals surface area contributed by atoms with E-state index in [1.54, 1.807) is 26.1 Å².